The number of carboxylic acids is 1. The third-order valence-corrected chi connectivity index (χ3v) is 3.03. The minimum atomic E-state index is -0.819. The largest absolute Gasteiger partial charge is 0.480 e. The van der Waals surface area contributed by atoms with Gasteiger partial charge in [0.1, 0.15) is 0 Å². The molecule has 1 aliphatic rings. The summed E-state index contributed by atoms with van der Waals surface area (Å²) in [6.45, 7) is 4.86. The van der Waals surface area contributed by atoms with E-state index in [4.69, 9.17) is 10.8 Å². The molecular formula is C11H21N3O3. The fraction of sp³-hybridized carbons (Fsp3) is 0.818. The van der Waals surface area contributed by atoms with Gasteiger partial charge in [-0.1, -0.05) is 6.92 Å². The quantitative estimate of drug-likeness (QED) is 0.675. The second kappa shape index (κ2) is 6.56. The zero-order valence-corrected chi connectivity index (χ0v) is 10.3. The first-order valence-electron chi connectivity index (χ1n) is 5.97. The molecule has 6 heteroatoms. The van der Waals surface area contributed by atoms with Gasteiger partial charge < -0.3 is 15.7 Å². The lowest BCUT2D eigenvalue weighted by molar-refractivity contribution is -0.138. The molecule has 0 aliphatic carbocycles. The van der Waals surface area contributed by atoms with Gasteiger partial charge in [-0.2, -0.15) is 0 Å². The van der Waals surface area contributed by atoms with Gasteiger partial charge in [-0.25, -0.2) is 0 Å². The summed E-state index contributed by atoms with van der Waals surface area (Å²) in [6.07, 6.45) is 0.816. The van der Waals surface area contributed by atoms with Gasteiger partial charge in [0.05, 0.1) is 6.54 Å². The van der Waals surface area contributed by atoms with Crippen molar-refractivity contribution in [2.24, 2.45) is 11.7 Å². The van der Waals surface area contributed by atoms with Gasteiger partial charge in [0.15, 0.2) is 0 Å². The molecule has 1 amide bonds. The number of carbonyl (C=O) groups is 2. The van der Waals surface area contributed by atoms with Crippen molar-refractivity contribution in [3.8, 4) is 0 Å². The summed E-state index contributed by atoms with van der Waals surface area (Å²) in [5, 5.41) is 8.72. The molecule has 1 saturated heterocycles. The van der Waals surface area contributed by atoms with Gasteiger partial charge >= 0.3 is 5.97 Å². The summed E-state index contributed by atoms with van der Waals surface area (Å²) in [5.41, 5.74) is 5.48. The molecule has 0 aromatic rings. The first-order valence-corrected chi connectivity index (χ1v) is 5.97. The zero-order valence-electron chi connectivity index (χ0n) is 10.3. The van der Waals surface area contributed by atoms with E-state index in [-0.39, 0.29) is 18.4 Å². The first-order chi connectivity index (χ1) is 8.04. The molecule has 1 rings (SSSR count). The van der Waals surface area contributed by atoms with E-state index in [9.17, 15) is 9.59 Å². The molecule has 0 aromatic carbocycles. The molecule has 0 spiro atoms. The summed E-state index contributed by atoms with van der Waals surface area (Å²) in [6, 6.07) is 0. The van der Waals surface area contributed by atoms with Crippen LogP contribution in [0, 0.1) is 5.92 Å². The molecule has 17 heavy (non-hydrogen) atoms. The van der Waals surface area contributed by atoms with E-state index in [0.29, 0.717) is 26.2 Å². The van der Waals surface area contributed by atoms with Gasteiger partial charge in [0.25, 0.3) is 0 Å². The second-order valence-electron chi connectivity index (χ2n) is 4.49. The van der Waals surface area contributed by atoms with Crippen LogP contribution >= 0.6 is 0 Å². The van der Waals surface area contributed by atoms with E-state index in [2.05, 4.69) is 0 Å². The number of hydrogen-bond donors (Lipinski definition) is 2. The third-order valence-electron chi connectivity index (χ3n) is 3.03. The molecule has 0 saturated carbocycles. The Morgan fingerprint density at radius 3 is 2.59 bits per heavy atom. The molecule has 1 aliphatic heterocycles. The number of aliphatic carboxylic acids is 1. The maximum atomic E-state index is 11.9. The normalized spacial score (nSPS) is 19.8. The molecule has 6 nitrogen and oxygen atoms in total. The van der Waals surface area contributed by atoms with Crippen LogP contribution < -0.4 is 5.73 Å². The zero-order chi connectivity index (χ0) is 12.8. The van der Waals surface area contributed by atoms with Crippen molar-refractivity contribution in [2.75, 3.05) is 39.3 Å². The number of hydrogen-bond acceptors (Lipinski definition) is 4. The van der Waals surface area contributed by atoms with Crippen molar-refractivity contribution < 1.29 is 14.7 Å². The minimum absolute atomic E-state index is 0.0501. The standard InChI is InChI=1S/C11H21N3O3/c1-9(7-12)11(17)14-4-2-3-13(5-6-14)8-10(15)16/h9H,2-8,12H2,1H3,(H,15,16). The highest BCUT2D eigenvalue weighted by Gasteiger charge is 2.22. The number of carboxylic acid groups (broad SMARTS) is 1. The Morgan fingerprint density at radius 2 is 2.00 bits per heavy atom. The van der Waals surface area contributed by atoms with E-state index in [0.717, 1.165) is 13.0 Å². The molecule has 3 N–H and O–H groups in total. The van der Waals surface area contributed by atoms with Crippen LogP contribution in [0.2, 0.25) is 0 Å². The van der Waals surface area contributed by atoms with Crippen LogP contribution in [0.25, 0.3) is 0 Å². The van der Waals surface area contributed by atoms with E-state index in [1.807, 2.05) is 11.8 Å². The molecule has 0 bridgehead atoms. The lowest BCUT2D eigenvalue weighted by Crippen LogP contribution is -2.40. The molecule has 0 radical (unpaired) electrons. The average molecular weight is 243 g/mol. The molecule has 1 atom stereocenters. The molecular weight excluding hydrogens is 222 g/mol. The Morgan fingerprint density at radius 1 is 1.29 bits per heavy atom. The summed E-state index contributed by atoms with van der Waals surface area (Å²) in [4.78, 5) is 26.2. The topological polar surface area (TPSA) is 86.9 Å². The van der Waals surface area contributed by atoms with Crippen LogP contribution in [-0.2, 0) is 9.59 Å². The Kier molecular flexibility index (Phi) is 5.37. The van der Waals surface area contributed by atoms with Crippen molar-refractivity contribution in [2.45, 2.75) is 13.3 Å². The van der Waals surface area contributed by atoms with Crippen molar-refractivity contribution >= 4 is 11.9 Å². The number of nitrogens with two attached hydrogens (primary N) is 1. The lowest BCUT2D eigenvalue weighted by Gasteiger charge is -2.23. The molecule has 1 unspecified atom stereocenters. The van der Waals surface area contributed by atoms with Crippen molar-refractivity contribution in [3.05, 3.63) is 0 Å². The van der Waals surface area contributed by atoms with Crippen LogP contribution in [-0.4, -0.2) is 66.1 Å². The fourth-order valence-electron chi connectivity index (χ4n) is 1.95. The maximum absolute atomic E-state index is 11.9. The predicted octanol–water partition coefficient (Wildman–Crippen LogP) is -0.800. The summed E-state index contributed by atoms with van der Waals surface area (Å²) in [7, 11) is 0. The summed E-state index contributed by atoms with van der Waals surface area (Å²) in [5.74, 6) is -0.897. The van der Waals surface area contributed by atoms with Crippen LogP contribution in [0.3, 0.4) is 0 Å². The summed E-state index contributed by atoms with van der Waals surface area (Å²) >= 11 is 0. The van der Waals surface area contributed by atoms with E-state index >= 15 is 0 Å². The summed E-state index contributed by atoms with van der Waals surface area (Å²) < 4.78 is 0. The monoisotopic (exact) mass is 243 g/mol. The predicted molar refractivity (Wildman–Crippen MR) is 63.5 cm³/mol. The lowest BCUT2D eigenvalue weighted by atomic mass is 10.1. The van der Waals surface area contributed by atoms with Gasteiger partial charge in [0, 0.05) is 38.6 Å². The van der Waals surface area contributed by atoms with Gasteiger partial charge in [-0.05, 0) is 6.42 Å². The van der Waals surface area contributed by atoms with Crippen LogP contribution in [0.4, 0.5) is 0 Å². The Bertz CT molecular complexity index is 283. The number of carbonyl (C=O) groups excluding carboxylic acids is 1. The fourth-order valence-corrected chi connectivity index (χ4v) is 1.95. The molecule has 0 aromatic heterocycles. The van der Waals surface area contributed by atoms with E-state index in [1.165, 1.54) is 0 Å². The number of amides is 1. The van der Waals surface area contributed by atoms with Crippen LogP contribution in [0.1, 0.15) is 13.3 Å². The van der Waals surface area contributed by atoms with Crippen molar-refractivity contribution in [1.29, 1.82) is 0 Å². The second-order valence-corrected chi connectivity index (χ2v) is 4.49. The Balaban J connectivity index is 2.47. The maximum Gasteiger partial charge on any atom is 0.317 e. The third kappa shape index (κ3) is 4.32. The minimum Gasteiger partial charge on any atom is -0.480 e. The van der Waals surface area contributed by atoms with Gasteiger partial charge in [0.2, 0.25) is 5.91 Å². The number of nitrogens with zero attached hydrogens (tertiary/aromatic N) is 2. The van der Waals surface area contributed by atoms with Gasteiger partial charge in [-0.3, -0.25) is 14.5 Å². The Labute approximate surface area is 101 Å². The highest BCUT2D eigenvalue weighted by atomic mass is 16.4. The van der Waals surface area contributed by atoms with E-state index in [1.54, 1.807) is 4.90 Å². The highest BCUT2D eigenvalue weighted by molar-refractivity contribution is 5.78. The smallest absolute Gasteiger partial charge is 0.317 e. The highest BCUT2D eigenvalue weighted by Crippen LogP contribution is 2.07. The molecule has 1 heterocycles. The van der Waals surface area contributed by atoms with Gasteiger partial charge in [-0.15, -0.1) is 0 Å². The van der Waals surface area contributed by atoms with E-state index < -0.39 is 5.97 Å². The van der Waals surface area contributed by atoms with Crippen LogP contribution in [0.15, 0.2) is 0 Å². The first kappa shape index (κ1) is 13.9. The number of rotatable bonds is 4. The van der Waals surface area contributed by atoms with Crippen molar-refractivity contribution in [1.82, 2.24) is 9.80 Å². The Hall–Kier alpha value is -1.14. The SMILES string of the molecule is CC(CN)C(=O)N1CCCN(CC(=O)O)CC1. The van der Waals surface area contributed by atoms with Crippen LogP contribution in [0.5, 0.6) is 0 Å². The average Bonchev–Trinajstić information content (AvgIpc) is 2.52. The molecule has 98 valence electrons. The molecule has 1 fully saturated rings. The van der Waals surface area contributed by atoms with Crippen molar-refractivity contribution in [3.63, 3.8) is 0 Å².